The van der Waals surface area contributed by atoms with Crippen LogP contribution in [0.1, 0.15) is 29.9 Å². The molecule has 0 bridgehead atoms. The molecular formula is C34H27IN2O6S. The van der Waals surface area contributed by atoms with Gasteiger partial charge in [0.05, 0.1) is 42.7 Å². The summed E-state index contributed by atoms with van der Waals surface area (Å²) in [5.41, 5.74) is 2.69. The van der Waals surface area contributed by atoms with E-state index in [0.29, 0.717) is 43.6 Å². The Morgan fingerprint density at radius 2 is 1.73 bits per heavy atom. The SMILES string of the molecule is CCOC(=O)C1=C(c2ccccc2)N=c2s/c(=C\c3ccc(-c4ccc(I)cc4)o3)c(=O)n2[C@H]1c1ccc(OC)c(OC)c1. The number of rotatable bonds is 8. The first-order valence-electron chi connectivity index (χ1n) is 13.8. The fourth-order valence-electron chi connectivity index (χ4n) is 5.11. The third-order valence-corrected chi connectivity index (χ3v) is 8.83. The minimum absolute atomic E-state index is 0.162. The first-order chi connectivity index (χ1) is 21.4. The summed E-state index contributed by atoms with van der Waals surface area (Å²) in [7, 11) is 3.09. The molecule has 1 atom stereocenters. The van der Waals surface area contributed by atoms with Crippen LogP contribution in [0.4, 0.5) is 0 Å². The molecule has 0 radical (unpaired) electrons. The van der Waals surface area contributed by atoms with Crippen molar-refractivity contribution in [2.75, 3.05) is 20.8 Å². The predicted molar refractivity (Wildman–Crippen MR) is 177 cm³/mol. The second-order valence-electron chi connectivity index (χ2n) is 9.75. The zero-order valence-electron chi connectivity index (χ0n) is 24.1. The molecule has 1 aliphatic rings. The van der Waals surface area contributed by atoms with Crippen LogP contribution in [0, 0.1) is 3.57 Å². The number of thiazole rings is 1. The van der Waals surface area contributed by atoms with E-state index in [0.717, 1.165) is 14.7 Å². The lowest BCUT2D eigenvalue weighted by molar-refractivity contribution is -0.138. The molecular weight excluding hydrogens is 691 g/mol. The Bertz CT molecular complexity index is 2060. The van der Waals surface area contributed by atoms with Gasteiger partial charge in [0.25, 0.3) is 5.56 Å². The van der Waals surface area contributed by atoms with Crippen molar-refractivity contribution in [1.29, 1.82) is 0 Å². The maximum Gasteiger partial charge on any atom is 0.338 e. The molecule has 0 saturated carbocycles. The van der Waals surface area contributed by atoms with Crippen molar-refractivity contribution in [2.45, 2.75) is 13.0 Å². The Hall–Kier alpha value is -4.42. The Balaban J connectivity index is 1.58. The van der Waals surface area contributed by atoms with E-state index >= 15 is 0 Å². The molecule has 6 rings (SSSR count). The molecule has 8 nitrogen and oxygen atoms in total. The second-order valence-corrected chi connectivity index (χ2v) is 12.0. The van der Waals surface area contributed by atoms with Crippen LogP contribution in [0.25, 0.3) is 23.1 Å². The van der Waals surface area contributed by atoms with E-state index in [2.05, 4.69) is 22.6 Å². The van der Waals surface area contributed by atoms with Gasteiger partial charge in [-0.1, -0.05) is 59.9 Å². The summed E-state index contributed by atoms with van der Waals surface area (Å²) in [4.78, 5) is 33.2. The molecule has 1 aliphatic heterocycles. The first kappa shape index (κ1) is 29.6. The number of benzene rings is 3. The Morgan fingerprint density at radius 3 is 2.43 bits per heavy atom. The quantitative estimate of drug-likeness (QED) is 0.149. The number of hydrogen-bond donors (Lipinski definition) is 0. The summed E-state index contributed by atoms with van der Waals surface area (Å²) in [5.74, 6) is 1.65. The largest absolute Gasteiger partial charge is 0.493 e. The normalized spacial score (nSPS) is 14.6. The first-order valence-corrected chi connectivity index (χ1v) is 15.7. The van der Waals surface area contributed by atoms with Gasteiger partial charge < -0.3 is 18.6 Å². The van der Waals surface area contributed by atoms with Crippen LogP contribution < -0.4 is 24.4 Å². The van der Waals surface area contributed by atoms with Gasteiger partial charge in [0.1, 0.15) is 11.5 Å². The average Bonchev–Trinajstić information content (AvgIpc) is 3.64. The van der Waals surface area contributed by atoms with Crippen LogP contribution in [0.5, 0.6) is 11.5 Å². The summed E-state index contributed by atoms with van der Waals surface area (Å²) in [6.07, 6.45) is 1.71. The monoisotopic (exact) mass is 718 g/mol. The van der Waals surface area contributed by atoms with Gasteiger partial charge in [-0.25, -0.2) is 9.79 Å². The number of aromatic nitrogens is 1. The zero-order valence-corrected chi connectivity index (χ0v) is 27.0. The molecule has 5 aromatic rings. The maximum atomic E-state index is 14.2. The van der Waals surface area contributed by atoms with Crippen molar-refractivity contribution in [3.8, 4) is 22.8 Å². The Morgan fingerprint density at radius 1 is 0.977 bits per heavy atom. The molecule has 222 valence electrons. The molecule has 0 spiro atoms. The molecule has 3 aromatic carbocycles. The van der Waals surface area contributed by atoms with E-state index < -0.39 is 12.0 Å². The van der Waals surface area contributed by atoms with E-state index in [9.17, 15) is 9.59 Å². The molecule has 10 heteroatoms. The van der Waals surface area contributed by atoms with Gasteiger partial charge in [-0.3, -0.25) is 9.36 Å². The number of fused-ring (bicyclic) bond motifs is 1. The third kappa shape index (κ3) is 5.62. The summed E-state index contributed by atoms with van der Waals surface area (Å²) in [5, 5.41) is 0. The van der Waals surface area contributed by atoms with E-state index in [-0.39, 0.29) is 17.7 Å². The molecule has 0 unspecified atom stereocenters. The van der Waals surface area contributed by atoms with Crippen LogP contribution in [0.15, 0.2) is 105 Å². The fourth-order valence-corrected chi connectivity index (χ4v) is 6.45. The van der Waals surface area contributed by atoms with Gasteiger partial charge >= 0.3 is 5.97 Å². The van der Waals surface area contributed by atoms with Gasteiger partial charge in [0, 0.05) is 20.8 Å². The van der Waals surface area contributed by atoms with Crippen molar-refractivity contribution >= 4 is 51.7 Å². The number of nitrogens with zero attached hydrogens (tertiary/aromatic N) is 2. The van der Waals surface area contributed by atoms with Crippen molar-refractivity contribution in [3.63, 3.8) is 0 Å². The number of esters is 1. The molecule has 2 aromatic heterocycles. The van der Waals surface area contributed by atoms with E-state index in [4.69, 9.17) is 23.6 Å². The standard InChI is InChI=1S/C34H27IN2O6S/c1-4-42-33(39)29-30(21-8-6-5-7-9-21)36-34-37(31(29)22-12-16-26(40-2)27(18-22)41-3)32(38)28(44-34)19-24-15-17-25(43-24)20-10-13-23(35)14-11-20/h5-19,31H,4H2,1-3H3/b28-19-/t31-/m0/s1. The minimum atomic E-state index is -0.846. The lowest BCUT2D eigenvalue weighted by atomic mass is 9.93. The van der Waals surface area contributed by atoms with Crippen molar-refractivity contribution in [3.05, 3.63) is 131 Å². The van der Waals surface area contributed by atoms with E-state index in [1.807, 2.05) is 72.8 Å². The Labute approximate surface area is 270 Å². The molecule has 44 heavy (non-hydrogen) atoms. The maximum absolute atomic E-state index is 14.2. The highest BCUT2D eigenvalue weighted by atomic mass is 127. The van der Waals surface area contributed by atoms with Crippen LogP contribution in [-0.4, -0.2) is 31.4 Å². The number of carbonyl (C=O) groups is 1. The van der Waals surface area contributed by atoms with Crippen molar-refractivity contribution in [1.82, 2.24) is 4.57 Å². The lowest BCUT2D eigenvalue weighted by Gasteiger charge is -2.26. The number of ether oxygens (including phenoxy) is 3. The van der Waals surface area contributed by atoms with Crippen LogP contribution in [-0.2, 0) is 9.53 Å². The van der Waals surface area contributed by atoms with Crippen LogP contribution in [0.2, 0.25) is 0 Å². The number of halogens is 1. The summed E-state index contributed by atoms with van der Waals surface area (Å²) >= 11 is 3.49. The van der Waals surface area contributed by atoms with Gasteiger partial charge in [0.2, 0.25) is 0 Å². The van der Waals surface area contributed by atoms with Gasteiger partial charge in [-0.15, -0.1) is 0 Å². The minimum Gasteiger partial charge on any atom is -0.493 e. The zero-order chi connectivity index (χ0) is 30.8. The molecule has 3 heterocycles. The highest BCUT2D eigenvalue weighted by Gasteiger charge is 2.35. The lowest BCUT2D eigenvalue weighted by Crippen LogP contribution is -2.40. The number of carbonyl (C=O) groups excluding carboxylic acids is 1. The topological polar surface area (TPSA) is 92.3 Å². The number of hydrogen-bond acceptors (Lipinski definition) is 8. The van der Waals surface area contributed by atoms with Crippen molar-refractivity contribution < 1.29 is 23.4 Å². The molecule has 0 N–H and O–H groups in total. The fraction of sp³-hybridized carbons (Fsp3) is 0.147. The highest BCUT2D eigenvalue weighted by molar-refractivity contribution is 14.1. The van der Waals surface area contributed by atoms with Gasteiger partial charge in [-0.05, 0) is 71.5 Å². The van der Waals surface area contributed by atoms with E-state index in [1.54, 1.807) is 43.9 Å². The molecule has 0 amide bonds. The summed E-state index contributed by atoms with van der Waals surface area (Å²) in [6, 6.07) is 25.6. The number of furan rings is 1. The van der Waals surface area contributed by atoms with Crippen LogP contribution >= 0.6 is 33.9 Å². The van der Waals surface area contributed by atoms with Crippen LogP contribution in [0.3, 0.4) is 0 Å². The van der Waals surface area contributed by atoms with E-state index in [1.165, 1.54) is 11.3 Å². The average molecular weight is 719 g/mol. The predicted octanol–water partition coefficient (Wildman–Crippen LogP) is 5.82. The molecule has 0 saturated heterocycles. The number of methoxy groups -OCH3 is 2. The smallest absolute Gasteiger partial charge is 0.338 e. The molecule has 0 fully saturated rings. The van der Waals surface area contributed by atoms with Gasteiger partial charge in [-0.2, -0.15) is 0 Å². The summed E-state index contributed by atoms with van der Waals surface area (Å²) < 4.78 is 25.8. The summed E-state index contributed by atoms with van der Waals surface area (Å²) in [6.45, 7) is 1.91. The highest BCUT2D eigenvalue weighted by Crippen LogP contribution is 2.38. The molecule has 0 aliphatic carbocycles. The van der Waals surface area contributed by atoms with Gasteiger partial charge in [0.15, 0.2) is 16.3 Å². The van der Waals surface area contributed by atoms with Crippen molar-refractivity contribution in [2.24, 2.45) is 4.99 Å². The Kier molecular flexibility index (Phi) is 8.53. The third-order valence-electron chi connectivity index (χ3n) is 7.13. The second kappa shape index (κ2) is 12.7.